The Morgan fingerprint density at radius 1 is 1.29 bits per heavy atom. The van der Waals surface area contributed by atoms with Gasteiger partial charge in [0.05, 0.1) is 0 Å². The summed E-state index contributed by atoms with van der Waals surface area (Å²) in [6.07, 6.45) is 1.34. The van der Waals surface area contributed by atoms with Crippen LogP contribution in [0.1, 0.15) is 20.8 Å². The van der Waals surface area contributed by atoms with Crippen molar-refractivity contribution in [2.24, 2.45) is 0 Å². The van der Waals surface area contributed by atoms with Gasteiger partial charge >= 0.3 is 24.7 Å². The van der Waals surface area contributed by atoms with Crippen LogP contribution in [0.25, 0.3) is 0 Å². The summed E-state index contributed by atoms with van der Waals surface area (Å²) in [5, 5.41) is 8.22. The van der Waals surface area contributed by atoms with Crippen LogP contribution in [0.2, 0.25) is 0 Å². The molecule has 90 valence electrons. The molecule has 1 rings (SSSR count). The van der Waals surface area contributed by atoms with Gasteiger partial charge in [-0.2, -0.15) is 5.26 Å². The average molecular weight is 238 g/mol. The lowest BCUT2D eigenvalue weighted by atomic mass is 10.1. The lowest BCUT2D eigenvalue weighted by Crippen LogP contribution is -2.55. The van der Waals surface area contributed by atoms with E-state index in [1.54, 1.807) is 20.8 Å². The van der Waals surface area contributed by atoms with Crippen LogP contribution in [-0.4, -0.2) is 21.6 Å². The highest BCUT2D eigenvalue weighted by atomic mass is 16.4. The Labute approximate surface area is 96.4 Å². The Morgan fingerprint density at radius 2 is 1.88 bits per heavy atom. The number of aromatic amines is 1. The van der Waals surface area contributed by atoms with Gasteiger partial charge in [0.25, 0.3) is 6.26 Å². The van der Waals surface area contributed by atoms with Gasteiger partial charge in [-0.25, -0.2) is 19.0 Å². The third-order valence-electron chi connectivity index (χ3n) is 2.01. The van der Waals surface area contributed by atoms with Crippen LogP contribution >= 0.6 is 0 Å². The van der Waals surface area contributed by atoms with Crippen molar-refractivity contribution in [2.75, 3.05) is 0 Å². The first-order chi connectivity index (χ1) is 7.79. The molecule has 0 spiro atoms. The fraction of sp³-hybridized carbons (Fsp3) is 0.500. The summed E-state index contributed by atoms with van der Waals surface area (Å²) in [5.41, 5.74) is -3.30. The van der Waals surface area contributed by atoms with Crippen LogP contribution < -0.4 is 17.1 Å². The van der Waals surface area contributed by atoms with Crippen LogP contribution in [0.4, 0.5) is 0 Å². The van der Waals surface area contributed by atoms with Gasteiger partial charge in [-0.1, -0.05) is 0 Å². The molecule has 0 atom stereocenters. The predicted molar refractivity (Wildman–Crippen MR) is 59.8 cm³/mol. The van der Waals surface area contributed by atoms with Crippen molar-refractivity contribution in [3.05, 3.63) is 31.5 Å². The molecule has 0 aromatic carbocycles. The molecule has 8 nitrogen and oxygen atoms in total. The maximum atomic E-state index is 11.9. The van der Waals surface area contributed by atoms with Crippen molar-refractivity contribution >= 4 is 7.62 Å². The van der Waals surface area contributed by atoms with E-state index in [-0.39, 0.29) is 0 Å². The van der Waals surface area contributed by atoms with Gasteiger partial charge in [-0.15, -0.1) is 0 Å². The first-order valence-electron chi connectivity index (χ1n) is 4.76. The summed E-state index contributed by atoms with van der Waals surface area (Å²) in [6.45, 7) is 4.93. The molecule has 0 fully saturated rings. The Kier molecular flexibility index (Phi) is 3.27. The molecule has 0 amide bonds. The van der Waals surface area contributed by atoms with Gasteiger partial charge in [0, 0.05) is 5.54 Å². The molecular weight excluding hydrogens is 227 g/mol. The summed E-state index contributed by atoms with van der Waals surface area (Å²) in [6, 6.07) is 0. The van der Waals surface area contributed by atoms with E-state index < -0.39 is 30.2 Å². The second-order valence-electron chi connectivity index (χ2n) is 4.32. The van der Waals surface area contributed by atoms with Crippen molar-refractivity contribution in [2.45, 2.75) is 26.3 Å². The third-order valence-corrected chi connectivity index (χ3v) is 2.01. The number of nitrogens with zero attached hydrogens (tertiary/aromatic N) is 3. The molecule has 0 saturated heterocycles. The molecule has 17 heavy (non-hydrogen) atoms. The quantitative estimate of drug-likeness (QED) is 0.476. The normalized spacial score (nSPS) is 10.7. The SMILES string of the molecule is CC(C)(C)n1c(=O)[nH]c(=O)n(BOC#N)c1=O. The molecule has 0 radical (unpaired) electrons. The number of rotatable bonds is 2. The fourth-order valence-corrected chi connectivity index (χ4v) is 1.31. The summed E-state index contributed by atoms with van der Waals surface area (Å²) >= 11 is 0. The number of hydrogen-bond donors (Lipinski definition) is 1. The van der Waals surface area contributed by atoms with E-state index in [0.717, 1.165) is 4.57 Å². The van der Waals surface area contributed by atoms with E-state index in [0.29, 0.717) is 4.48 Å². The van der Waals surface area contributed by atoms with Gasteiger partial charge in [0.2, 0.25) is 0 Å². The van der Waals surface area contributed by atoms with Crippen LogP contribution in [-0.2, 0) is 10.2 Å². The number of nitrogens with one attached hydrogen (secondary N) is 1. The van der Waals surface area contributed by atoms with Crippen LogP contribution in [0.5, 0.6) is 0 Å². The molecule has 0 aliphatic heterocycles. The first kappa shape index (κ1) is 12.8. The van der Waals surface area contributed by atoms with E-state index >= 15 is 0 Å². The van der Waals surface area contributed by atoms with Crippen molar-refractivity contribution in [3.63, 3.8) is 0 Å². The lowest BCUT2D eigenvalue weighted by molar-refractivity contribution is 0.350. The van der Waals surface area contributed by atoms with Crippen LogP contribution in [0, 0.1) is 11.5 Å². The van der Waals surface area contributed by atoms with Gasteiger partial charge in [0.1, 0.15) is 0 Å². The van der Waals surface area contributed by atoms with Gasteiger partial charge in [-0.05, 0) is 20.8 Å². The number of nitriles is 1. The van der Waals surface area contributed by atoms with E-state index in [1.165, 1.54) is 6.26 Å². The number of aromatic nitrogens is 3. The van der Waals surface area contributed by atoms with Crippen molar-refractivity contribution < 1.29 is 4.65 Å². The van der Waals surface area contributed by atoms with Crippen molar-refractivity contribution in [3.8, 4) is 6.26 Å². The van der Waals surface area contributed by atoms with Gasteiger partial charge in [0.15, 0.2) is 0 Å². The fourth-order valence-electron chi connectivity index (χ4n) is 1.31. The minimum absolute atomic E-state index is 0.527. The molecule has 1 aromatic heterocycles. The Balaban J connectivity index is 3.57. The highest BCUT2D eigenvalue weighted by Gasteiger charge is 2.21. The molecule has 1 aromatic rings. The zero-order chi connectivity index (χ0) is 13.2. The Bertz CT molecular complexity index is 627. The summed E-state index contributed by atoms with van der Waals surface area (Å²) < 4.78 is 5.84. The van der Waals surface area contributed by atoms with Crippen LogP contribution in [0.15, 0.2) is 14.4 Å². The van der Waals surface area contributed by atoms with Gasteiger partial charge < -0.3 is 4.65 Å². The summed E-state index contributed by atoms with van der Waals surface area (Å²) in [4.78, 5) is 36.7. The monoisotopic (exact) mass is 238 g/mol. The van der Waals surface area contributed by atoms with Crippen molar-refractivity contribution in [1.82, 2.24) is 14.0 Å². The molecule has 0 aliphatic rings. The second-order valence-corrected chi connectivity index (χ2v) is 4.32. The molecule has 0 aliphatic carbocycles. The van der Waals surface area contributed by atoms with Crippen molar-refractivity contribution in [1.29, 1.82) is 5.26 Å². The van der Waals surface area contributed by atoms with Crippen LogP contribution in [0.3, 0.4) is 0 Å². The average Bonchev–Trinajstić information content (AvgIpc) is 2.14. The van der Waals surface area contributed by atoms with E-state index in [1.807, 2.05) is 4.98 Å². The summed E-state index contributed by atoms with van der Waals surface area (Å²) in [5.74, 6) is 0. The third kappa shape index (κ3) is 2.47. The molecule has 0 bridgehead atoms. The first-order valence-corrected chi connectivity index (χ1v) is 4.76. The smallest absolute Gasteiger partial charge is 0.476 e. The van der Waals surface area contributed by atoms with Gasteiger partial charge in [-0.3, -0.25) is 9.46 Å². The number of hydrogen-bond acceptors (Lipinski definition) is 5. The maximum Gasteiger partial charge on any atom is 0.488 e. The molecular formula is C8H11BN4O4. The highest BCUT2D eigenvalue weighted by Crippen LogP contribution is 2.05. The number of H-pyrrole nitrogens is 1. The highest BCUT2D eigenvalue weighted by molar-refractivity contribution is 6.25. The topological polar surface area (TPSA) is 110 Å². The minimum Gasteiger partial charge on any atom is -0.476 e. The standard InChI is InChI=1S/C8H11BN4O4/c1-8(2,3)12-5(14)11-6(15)13(7(12)16)9-17-4-10/h9H,1-3H3,(H,11,14,15). The molecule has 1 heterocycles. The molecule has 0 unspecified atom stereocenters. The molecule has 0 saturated carbocycles. The van der Waals surface area contributed by atoms with E-state index in [2.05, 4.69) is 4.65 Å². The zero-order valence-electron chi connectivity index (χ0n) is 9.68. The predicted octanol–water partition coefficient (Wildman–Crippen LogP) is -1.93. The van der Waals surface area contributed by atoms with E-state index in [4.69, 9.17) is 5.26 Å². The van der Waals surface area contributed by atoms with E-state index in [9.17, 15) is 14.4 Å². The Morgan fingerprint density at radius 3 is 2.35 bits per heavy atom. The largest absolute Gasteiger partial charge is 0.488 e. The lowest BCUT2D eigenvalue weighted by Gasteiger charge is -2.20. The Hall–Kier alpha value is -2.24. The molecule has 1 N–H and O–H groups in total. The maximum absolute atomic E-state index is 11.9. The second kappa shape index (κ2) is 4.33. The minimum atomic E-state index is -0.907. The zero-order valence-corrected chi connectivity index (χ0v) is 9.68. The summed E-state index contributed by atoms with van der Waals surface area (Å²) in [7, 11) is -0.527. The molecule has 9 heteroatoms.